The van der Waals surface area contributed by atoms with Crippen molar-refractivity contribution in [2.24, 2.45) is 5.92 Å². The predicted molar refractivity (Wildman–Crippen MR) is 106 cm³/mol. The Bertz CT molecular complexity index is 729. The smallest absolute Gasteiger partial charge is 0.266 e. The molecule has 1 amide bonds. The summed E-state index contributed by atoms with van der Waals surface area (Å²) in [6.07, 6.45) is 10.2. The maximum Gasteiger partial charge on any atom is 0.266 e. The number of oxazole rings is 1. The van der Waals surface area contributed by atoms with Crippen LogP contribution in [0.3, 0.4) is 0 Å². The zero-order chi connectivity index (χ0) is 19.1. The summed E-state index contributed by atoms with van der Waals surface area (Å²) in [4.78, 5) is 29.6. The number of para-hydroxylation sites is 2. The molecule has 1 N–H and O–H groups in total. The van der Waals surface area contributed by atoms with E-state index >= 15 is 0 Å². The number of benzene rings is 1. The van der Waals surface area contributed by atoms with Crippen molar-refractivity contribution in [1.29, 1.82) is 0 Å². The highest BCUT2D eigenvalue weighted by atomic mass is 16.4. The summed E-state index contributed by atoms with van der Waals surface area (Å²) < 4.78 is 5.62. The molecule has 2 aromatic rings. The first kappa shape index (κ1) is 19.6. The fourth-order valence-corrected chi connectivity index (χ4v) is 3.88. The molecule has 0 saturated heterocycles. The van der Waals surface area contributed by atoms with Gasteiger partial charge in [-0.05, 0) is 30.9 Å². The lowest BCUT2D eigenvalue weighted by Gasteiger charge is -2.22. The number of nitrogens with zero attached hydrogens (tertiary/aromatic N) is 1. The van der Waals surface area contributed by atoms with Gasteiger partial charge in [0.1, 0.15) is 5.52 Å². The zero-order valence-electron chi connectivity index (χ0n) is 16.2. The Hall–Kier alpha value is -2.17. The molecule has 0 spiro atoms. The largest absolute Gasteiger partial charge is 0.434 e. The minimum Gasteiger partial charge on any atom is -0.434 e. The Kier molecular flexibility index (Phi) is 7.02. The average Bonchev–Trinajstić information content (AvgIpc) is 3.14. The zero-order valence-corrected chi connectivity index (χ0v) is 16.2. The molecule has 1 aromatic carbocycles. The van der Waals surface area contributed by atoms with E-state index in [4.69, 9.17) is 4.42 Å². The van der Waals surface area contributed by atoms with E-state index in [0.29, 0.717) is 29.9 Å². The molecule has 5 nitrogen and oxygen atoms in total. The molecule has 0 unspecified atom stereocenters. The van der Waals surface area contributed by atoms with E-state index in [-0.39, 0.29) is 17.6 Å². The molecule has 0 bridgehead atoms. The molecule has 146 valence electrons. The van der Waals surface area contributed by atoms with Gasteiger partial charge in [0, 0.05) is 6.42 Å². The number of nitrogens with one attached hydrogen (secondary N) is 1. The number of rotatable bonds is 9. The van der Waals surface area contributed by atoms with Gasteiger partial charge >= 0.3 is 0 Å². The van der Waals surface area contributed by atoms with Crippen LogP contribution in [0.25, 0.3) is 11.1 Å². The summed E-state index contributed by atoms with van der Waals surface area (Å²) in [7, 11) is 0. The first-order chi connectivity index (χ1) is 13.2. The van der Waals surface area contributed by atoms with Crippen molar-refractivity contribution < 1.29 is 14.0 Å². The number of hydrogen-bond donors (Lipinski definition) is 1. The van der Waals surface area contributed by atoms with Crippen LogP contribution in [0.15, 0.2) is 28.7 Å². The van der Waals surface area contributed by atoms with E-state index in [1.165, 1.54) is 32.1 Å². The van der Waals surface area contributed by atoms with Gasteiger partial charge in [-0.1, -0.05) is 64.0 Å². The van der Waals surface area contributed by atoms with E-state index < -0.39 is 6.04 Å². The summed E-state index contributed by atoms with van der Waals surface area (Å²) in [6, 6.07) is 6.77. The number of amides is 1. The van der Waals surface area contributed by atoms with Gasteiger partial charge in [0.2, 0.25) is 11.7 Å². The fourth-order valence-electron chi connectivity index (χ4n) is 3.88. The normalized spacial score (nSPS) is 16.3. The molecule has 1 aliphatic rings. The number of ketones is 1. The molecule has 0 aliphatic heterocycles. The molecule has 3 rings (SSSR count). The molecule has 27 heavy (non-hydrogen) atoms. The van der Waals surface area contributed by atoms with E-state index in [1.807, 2.05) is 18.2 Å². The van der Waals surface area contributed by atoms with E-state index in [9.17, 15) is 9.59 Å². The highest BCUT2D eigenvalue weighted by Gasteiger charge is 2.26. The van der Waals surface area contributed by atoms with Crippen molar-refractivity contribution >= 4 is 22.8 Å². The van der Waals surface area contributed by atoms with Crippen molar-refractivity contribution in [3.05, 3.63) is 30.2 Å². The summed E-state index contributed by atoms with van der Waals surface area (Å²) >= 11 is 0. The Labute approximate surface area is 160 Å². The van der Waals surface area contributed by atoms with E-state index in [1.54, 1.807) is 6.07 Å². The summed E-state index contributed by atoms with van der Waals surface area (Å²) in [5, 5.41) is 2.95. The second-order valence-corrected chi connectivity index (χ2v) is 7.66. The van der Waals surface area contributed by atoms with E-state index in [2.05, 4.69) is 17.2 Å². The monoisotopic (exact) mass is 370 g/mol. The van der Waals surface area contributed by atoms with Gasteiger partial charge in [-0.2, -0.15) is 0 Å². The third-order valence-corrected chi connectivity index (χ3v) is 5.51. The Balaban J connectivity index is 1.61. The molecular formula is C22H30N2O3. The SMILES string of the molecule is CCCC[C@H](NC(=O)CCC1CCCCC1)C(=O)c1nc2ccccc2o1. The number of Topliss-reactive ketones (excluding diaryl/α,β-unsaturated/α-hetero) is 1. The minimum atomic E-state index is -0.558. The van der Waals surface area contributed by atoms with Crippen molar-refractivity contribution in [3.63, 3.8) is 0 Å². The van der Waals surface area contributed by atoms with Gasteiger partial charge < -0.3 is 9.73 Å². The van der Waals surface area contributed by atoms with Gasteiger partial charge in [0.15, 0.2) is 5.58 Å². The number of carbonyl (C=O) groups excluding carboxylic acids is 2. The molecular weight excluding hydrogens is 340 g/mol. The number of aromatic nitrogens is 1. The van der Waals surface area contributed by atoms with Crippen LogP contribution in [0.5, 0.6) is 0 Å². The quantitative estimate of drug-likeness (QED) is 0.627. The molecule has 1 fully saturated rings. The van der Waals surface area contributed by atoms with Gasteiger partial charge in [-0.25, -0.2) is 4.98 Å². The highest BCUT2D eigenvalue weighted by Crippen LogP contribution is 2.27. The van der Waals surface area contributed by atoms with Crippen LogP contribution in [0, 0.1) is 5.92 Å². The second kappa shape index (κ2) is 9.67. The minimum absolute atomic E-state index is 0.0360. The van der Waals surface area contributed by atoms with Crippen molar-refractivity contribution in [1.82, 2.24) is 10.3 Å². The third kappa shape index (κ3) is 5.41. The van der Waals surface area contributed by atoms with Crippen LogP contribution in [-0.4, -0.2) is 22.7 Å². The number of fused-ring (bicyclic) bond motifs is 1. The average molecular weight is 370 g/mol. The van der Waals surface area contributed by atoms with E-state index in [0.717, 1.165) is 19.3 Å². The van der Waals surface area contributed by atoms with Crippen LogP contribution in [0.4, 0.5) is 0 Å². The van der Waals surface area contributed by atoms with Gasteiger partial charge in [0.25, 0.3) is 5.89 Å². The lowest BCUT2D eigenvalue weighted by atomic mass is 9.86. The lowest BCUT2D eigenvalue weighted by molar-refractivity contribution is -0.122. The summed E-state index contributed by atoms with van der Waals surface area (Å²) in [6.45, 7) is 2.08. The van der Waals surface area contributed by atoms with Gasteiger partial charge in [-0.3, -0.25) is 9.59 Å². The van der Waals surface area contributed by atoms with Crippen molar-refractivity contribution in [2.45, 2.75) is 77.2 Å². The Morgan fingerprint density at radius 1 is 1.22 bits per heavy atom. The first-order valence-corrected chi connectivity index (χ1v) is 10.4. The standard InChI is InChI=1S/C22H30N2O3/c1-2-3-11-18(23-20(25)15-14-16-9-5-4-6-10-16)21(26)22-24-17-12-7-8-13-19(17)27-22/h7-8,12-13,16,18H,2-6,9-11,14-15H2,1H3,(H,23,25)/t18-/m0/s1. The summed E-state index contributed by atoms with van der Waals surface area (Å²) in [5.74, 6) is 0.480. The van der Waals surface area contributed by atoms with Gasteiger partial charge in [-0.15, -0.1) is 0 Å². The lowest BCUT2D eigenvalue weighted by Crippen LogP contribution is -2.41. The van der Waals surface area contributed by atoms with Crippen molar-refractivity contribution in [2.75, 3.05) is 0 Å². The van der Waals surface area contributed by atoms with Gasteiger partial charge in [0.05, 0.1) is 6.04 Å². The molecule has 1 heterocycles. The molecule has 1 saturated carbocycles. The molecule has 0 radical (unpaired) electrons. The number of hydrogen-bond acceptors (Lipinski definition) is 4. The van der Waals surface area contributed by atoms with Crippen LogP contribution in [0.1, 0.15) is 81.8 Å². The highest BCUT2D eigenvalue weighted by molar-refractivity contribution is 6.00. The fraction of sp³-hybridized carbons (Fsp3) is 0.591. The number of carbonyl (C=O) groups is 2. The molecule has 1 aliphatic carbocycles. The summed E-state index contributed by atoms with van der Waals surface area (Å²) in [5.41, 5.74) is 1.26. The maximum atomic E-state index is 12.9. The van der Waals surface area contributed by atoms with Crippen molar-refractivity contribution in [3.8, 4) is 0 Å². The number of unbranched alkanes of at least 4 members (excludes halogenated alkanes) is 1. The molecule has 1 atom stereocenters. The van der Waals surface area contributed by atoms with Crippen LogP contribution in [-0.2, 0) is 4.79 Å². The predicted octanol–water partition coefficient (Wildman–Crippen LogP) is 5.05. The topological polar surface area (TPSA) is 72.2 Å². The van der Waals surface area contributed by atoms with Crippen LogP contribution >= 0.6 is 0 Å². The van der Waals surface area contributed by atoms with Crippen LogP contribution in [0.2, 0.25) is 0 Å². The molecule has 5 heteroatoms. The first-order valence-electron chi connectivity index (χ1n) is 10.4. The second-order valence-electron chi connectivity index (χ2n) is 7.66. The third-order valence-electron chi connectivity index (χ3n) is 5.51. The Morgan fingerprint density at radius 3 is 2.74 bits per heavy atom. The maximum absolute atomic E-state index is 12.9. The molecule has 1 aromatic heterocycles. The Morgan fingerprint density at radius 2 is 2.00 bits per heavy atom. The van der Waals surface area contributed by atoms with Crippen LogP contribution < -0.4 is 5.32 Å².